The van der Waals surface area contributed by atoms with Crippen molar-refractivity contribution in [3.05, 3.63) is 28.2 Å². The molecule has 0 aliphatic rings. The van der Waals surface area contributed by atoms with Crippen molar-refractivity contribution in [2.24, 2.45) is 5.73 Å². The highest BCUT2D eigenvalue weighted by Gasteiger charge is 2.34. The smallest absolute Gasteiger partial charge is 0.330 e. The van der Waals surface area contributed by atoms with E-state index < -0.39 is 27.5 Å². The molecule has 0 saturated heterocycles. The highest BCUT2D eigenvalue weighted by atomic mass is 79.9. The highest BCUT2D eigenvalue weighted by molar-refractivity contribution is 9.10. The number of sulfonamides is 1. The Balaban J connectivity index is 3.08. The van der Waals surface area contributed by atoms with Crippen molar-refractivity contribution < 1.29 is 21.6 Å². The summed E-state index contributed by atoms with van der Waals surface area (Å²) in [5.74, 6) is -0.323. The number of hydrogen-bond acceptors (Lipinski definition) is 3. The monoisotopic (exact) mass is 360 g/mol. The van der Waals surface area contributed by atoms with Crippen LogP contribution in [0.3, 0.4) is 0 Å². The Bertz CT molecular complexity index is 546. The van der Waals surface area contributed by atoms with Gasteiger partial charge in [-0.3, -0.25) is 4.72 Å². The van der Waals surface area contributed by atoms with Gasteiger partial charge < -0.3 is 5.73 Å². The first kappa shape index (κ1) is 16.3. The zero-order chi connectivity index (χ0) is 14.7. The number of alkyl halides is 3. The van der Waals surface area contributed by atoms with Gasteiger partial charge in [-0.25, -0.2) is 8.42 Å². The van der Waals surface area contributed by atoms with E-state index in [-0.39, 0.29) is 23.2 Å². The van der Waals surface area contributed by atoms with Crippen molar-refractivity contribution in [1.29, 1.82) is 0 Å². The molecule has 9 heteroatoms. The van der Waals surface area contributed by atoms with Crippen LogP contribution >= 0.6 is 15.9 Å². The standard InChI is InChI=1S/C10H12BrF3N2O2S/c11-7-2-3-9(8(6-7)10(12,13)14)16-19(17,18)5-1-4-15/h2-3,6,16H,1,4-5,15H2. The molecule has 0 fully saturated rings. The SMILES string of the molecule is NCCCS(=O)(=O)Nc1ccc(Br)cc1C(F)(F)F. The van der Waals surface area contributed by atoms with Gasteiger partial charge in [0.2, 0.25) is 10.0 Å². The van der Waals surface area contributed by atoms with Gasteiger partial charge in [0.15, 0.2) is 0 Å². The fourth-order valence-electron chi connectivity index (χ4n) is 1.33. The Morgan fingerprint density at radius 2 is 1.95 bits per heavy atom. The molecule has 0 aliphatic carbocycles. The summed E-state index contributed by atoms with van der Waals surface area (Å²) in [5.41, 5.74) is 3.63. The molecule has 0 spiro atoms. The van der Waals surface area contributed by atoms with Crippen LogP contribution in [0.15, 0.2) is 22.7 Å². The average Bonchev–Trinajstić information content (AvgIpc) is 2.27. The van der Waals surface area contributed by atoms with E-state index in [4.69, 9.17) is 5.73 Å². The topological polar surface area (TPSA) is 72.2 Å². The Hall–Kier alpha value is -0.800. The summed E-state index contributed by atoms with van der Waals surface area (Å²) >= 11 is 2.92. The largest absolute Gasteiger partial charge is 0.418 e. The molecular weight excluding hydrogens is 349 g/mol. The molecule has 1 aromatic carbocycles. The quantitative estimate of drug-likeness (QED) is 0.847. The third-order valence-electron chi connectivity index (χ3n) is 2.17. The van der Waals surface area contributed by atoms with E-state index >= 15 is 0 Å². The van der Waals surface area contributed by atoms with E-state index in [9.17, 15) is 21.6 Å². The molecule has 4 nitrogen and oxygen atoms in total. The molecule has 0 radical (unpaired) electrons. The Kier molecular flexibility index (Phi) is 5.22. The molecule has 0 amide bonds. The second-order valence-corrected chi connectivity index (χ2v) is 6.51. The molecule has 0 atom stereocenters. The summed E-state index contributed by atoms with van der Waals surface area (Å²) in [5, 5.41) is 0. The maximum Gasteiger partial charge on any atom is 0.418 e. The lowest BCUT2D eigenvalue weighted by Gasteiger charge is -2.15. The zero-order valence-electron chi connectivity index (χ0n) is 9.67. The Morgan fingerprint density at radius 1 is 1.32 bits per heavy atom. The lowest BCUT2D eigenvalue weighted by Crippen LogP contribution is -2.21. The number of anilines is 1. The summed E-state index contributed by atoms with van der Waals surface area (Å²) in [6.45, 7) is 0.146. The maximum atomic E-state index is 12.8. The second-order valence-electron chi connectivity index (χ2n) is 3.75. The van der Waals surface area contributed by atoms with Crippen molar-refractivity contribution in [2.75, 3.05) is 17.0 Å². The predicted octanol–water partition coefficient (Wildman–Crippen LogP) is 2.56. The fraction of sp³-hybridized carbons (Fsp3) is 0.400. The minimum atomic E-state index is -4.64. The summed E-state index contributed by atoms with van der Waals surface area (Å²) in [6, 6.07) is 3.21. The van der Waals surface area contributed by atoms with Crippen LogP contribution in [0.25, 0.3) is 0 Å². The number of rotatable bonds is 5. The Morgan fingerprint density at radius 3 is 2.47 bits per heavy atom. The van der Waals surface area contributed by atoms with E-state index in [1.807, 2.05) is 4.72 Å². The van der Waals surface area contributed by atoms with Crippen molar-refractivity contribution in [2.45, 2.75) is 12.6 Å². The lowest BCUT2D eigenvalue weighted by molar-refractivity contribution is -0.136. The maximum absolute atomic E-state index is 12.8. The lowest BCUT2D eigenvalue weighted by atomic mass is 10.2. The molecule has 108 valence electrons. The van der Waals surface area contributed by atoms with Gasteiger partial charge in [0, 0.05) is 4.47 Å². The summed E-state index contributed by atoms with van der Waals surface area (Å²) < 4.78 is 63.6. The normalized spacial score (nSPS) is 12.5. The number of nitrogens with one attached hydrogen (secondary N) is 1. The van der Waals surface area contributed by atoms with Crippen molar-refractivity contribution in [1.82, 2.24) is 0 Å². The van der Waals surface area contributed by atoms with Crippen LogP contribution in [0, 0.1) is 0 Å². The van der Waals surface area contributed by atoms with Gasteiger partial charge >= 0.3 is 6.18 Å². The van der Waals surface area contributed by atoms with Gasteiger partial charge in [-0.1, -0.05) is 15.9 Å². The number of hydrogen-bond donors (Lipinski definition) is 2. The van der Waals surface area contributed by atoms with Crippen LogP contribution in [0.1, 0.15) is 12.0 Å². The molecule has 0 aromatic heterocycles. The molecule has 0 saturated carbocycles. The van der Waals surface area contributed by atoms with Crippen LogP contribution in [0.4, 0.5) is 18.9 Å². The van der Waals surface area contributed by atoms with Crippen molar-refractivity contribution >= 4 is 31.6 Å². The number of halogens is 4. The van der Waals surface area contributed by atoms with Gasteiger partial charge in [-0.05, 0) is 31.2 Å². The minimum Gasteiger partial charge on any atom is -0.330 e. The Labute approximate surface area is 117 Å². The number of nitrogens with two attached hydrogens (primary N) is 1. The van der Waals surface area contributed by atoms with Gasteiger partial charge in [-0.2, -0.15) is 13.2 Å². The molecule has 19 heavy (non-hydrogen) atoms. The first-order chi connectivity index (χ1) is 8.65. The van der Waals surface area contributed by atoms with E-state index in [1.54, 1.807) is 0 Å². The van der Waals surface area contributed by atoms with Crippen LogP contribution in [0.2, 0.25) is 0 Å². The van der Waals surface area contributed by atoms with Crippen LogP contribution in [-0.2, 0) is 16.2 Å². The predicted molar refractivity (Wildman–Crippen MR) is 70.2 cm³/mol. The summed E-state index contributed by atoms with van der Waals surface area (Å²) in [6.07, 6.45) is -4.47. The van der Waals surface area contributed by atoms with E-state index in [0.717, 1.165) is 12.1 Å². The average molecular weight is 361 g/mol. The van der Waals surface area contributed by atoms with Crippen LogP contribution in [0.5, 0.6) is 0 Å². The van der Waals surface area contributed by atoms with Crippen molar-refractivity contribution in [3.8, 4) is 0 Å². The molecule has 0 heterocycles. The molecule has 0 unspecified atom stereocenters. The van der Waals surface area contributed by atoms with Gasteiger partial charge in [-0.15, -0.1) is 0 Å². The van der Waals surface area contributed by atoms with Crippen LogP contribution < -0.4 is 10.5 Å². The summed E-state index contributed by atoms with van der Waals surface area (Å²) in [4.78, 5) is 0. The van der Waals surface area contributed by atoms with Gasteiger partial charge in [0.1, 0.15) is 0 Å². The molecule has 0 aliphatic heterocycles. The van der Waals surface area contributed by atoms with Gasteiger partial charge in [0.05, 0.1) is 17.0 Å². The first-order valence-corrected chi connectivity index (χ1v) is 7.67. The number of benzene rings is 1. The van der Waals surface area contributed by atoms with E-state index in [2.05, 4.69) is 15.9 Å². The van der Waals surface area contributed by atoms with E-state index in [1.165, 1.54) is 6.07 Å². The molecule has 0 bridgehead atoms. The van der Waals surface area contributed by atoms with Crippen molar-refractivity contribution in [3.63, 3.8) is 0 Å². The third kappa shape index (κ3) is 5.00. The third-order valence-corrected chi connectivity index (χ3v) is 4.02. The van der Waals surface area contributed by atoms with Gasteiger partial charge in [0.25, 0.3) is 0 Å². The second kappa shape index (κ2) is 6.10. The molecule has 3 N–H and O–H groups in total. The summed E-state index contributed by atoms with van der Waals surface area (Å²) in [7, 11) is -3.84. The minimum absolute atomic E-state index is 0.146. The first-order valence-electron chi connectivity index (χ1n) is 5.23. The van der Waals surface area contributed by atoms with E-state index in [0.29, 0.717) is 0 Å². The molecule has 1 aromatic rings. The highest BCUT2D eigenvalue weighted by Crippen LogP contribution is 2.36. The molecular formula is C10H12BrF3N2O2S. The molecule has 1 rings (SSSR count). The zero-order valence-corrected chi connectivity index (χ0v) is 12.1. The van der Waals surface area contributed by atoms with Crippen LogP contribution in [-0.4, -0.2) is 20.7 Å². The fourth-order valence-corrected chi connectivity index (χ4v) is 2.85.